The molecule has 2 aromatic heterocycles. The van der Waals surface area contributed by atoms with Crippen LogP contribution in [0.15, 0.2) is 28.3 Å². The van der Waals surface area contributed by atoms with Crippen LogP contribution in [0.2, 0.25) is 0 Å². The van der Waals surface area contributed by atoms with Crippen LogP contribution in [0, 0.1) is 6.92 Å². The van der Waals surface area contributed by atoms with E-state index >= 15 is 0 Å². The van der Waals surface area contributed by atoms with Gasteiger partial charge in [-0.2, -0.15) is 0 Å². The molecule has 0 aliphatic carbocycles. The number of morpholine rings is 1. The molecule has 1 amide bonds. The number of hydrogen-bond donors (Lipinski definition) is 1. The van der Waals surface area contributed by atoms with Gasteiger partial charge in [0.2, 0.25) is 5.91 Å². The van der Waals surface area contributed by atoms with E-state index in [4.69, 9.17) is 9.15 Å². The second-order valence-electron chi connectivity index (χ2n) is 7.23. The van der Waals surface area contributed by atoms with Crippen LogP contribution in [0.3, 0.4) is 0 Å². The number of aromatic nitrogens is 1. The van der Waals surface area contributed by atoms with Crippen LogP contribution in [0.1, 0.15) is 16.3 Å². The zero-order chi connectivity index (χ0) is 18.1. The number of thiazole rings is 1. The van der Waals surface area contributed by atoms with E-state index in [-0.39, 0.29) is 17.6 Å². The molecular formula is C18H24N4O3S. The van der Waals surface area contributed by atoms with Crippen molar-refractivity contribution in [3.8, 4) is 0 Å². The molecule has 1 atom stereocenters. The number of likely N-dealkylation sites (tertiary alicyclic amines) is 1. The van der Waals surface area contributed by atoms with Crippen molar-refractivity contribution in [1.82, 2.24) is 20.1 Å². The Morgan fingerprint density at radius 3 is 2.96 bits per heavy atom. The van der Waals surface area contributed by atoms with E-state index in [0.717, 1.165) is 37.6 Å². The van der Waals surface area contributed by atoms with Crippen molar-refractivity contribution in [3.05, 3.63) is 40.2 Å². The highest BCUT2D eigenvalue weighted by atomic mass is 32.1. The van der Waals surface area contributed by atoms with Crippen molar-refractivity contribution in [1.29, 1.82) is 0 Å². The van der Waals surface area contributed by atoms with Crippen molar-refractivity contribution >= 4 is 17.2 Å². The van der Waals surface area contributed by atoms with Crippen LogP contribution >= 0.6 is 11.3 Å². The second kappa shape index (κ2) is 7.11. The van der Waals surface area contributed by atoms with E-state index in [1.165, 1.54) is 4.88 Å². The number of furan rings is 1. The zero-order valence-electron chi connectivity index (χ0n) is 15.1. The van der Waals surface area contributed by atoms with Gasteiger partial charge in [-0.3, -0.25) is 14.6 Å². The van der Waals surface area contributed by atoms with Crippen LogP contribution in [0.25, 0.3) is 0 Å². The third-order valence-electron chi connectivity index (χ3n) is 5.17. The molecule has 2 fully saturated rings. The summed E-state index contributed by atoms with van der Waals surface area (Å²) in [6.45, 7) is 6.38. The Balaban J connectivity index is 1.26. The summed E-state index contributed by atoms with van der Waals surface area (Å²) in [6.07, 6.45) is 1.61. The lowest BCUT2D eigenvalue weighted by molar-refractivity contribution is -0.198. The lowest BCUT2D eigenvalue weighted by Gasteiger charge is -2.54. The number of aryl methyl sites for hydroxylation is 1. The summed E-state index contributed by atoms with van der Waals surface area (Å²) in [7, 11) is 2.00. The minimum atomic E-state index is -0.256. The normalized spacial score (nSPS) is 23.1. The van der Waals surface area contributed by atoms with Crippen LogP contribution in [-0.2, 0) is 22.6 Å². The van der Waals surface area contributed by atoms with E-state index < -0.39 is 0 Å². The number of carbonyl (C=O) groups excluding carboxylic acids is 1. The number of rotatable bonds is 5. The molecule has 8 heteroatoms. The molecule has 140 valence electrons. The summed E-state index contributed by atoms with van der Waals surface area (Å²) >= 11 is 1.71. The molecule has 4 heterocycles. The average molecular weight is 376 g/mol. The standard InChI is InChI=1S/C18H24N4O3S/c1-13-16(26-12-20-13)7-22-10-18(11-22)9-21(2)15(8-25-18)17(23)19-6-14-4-3-5-24-14/h3-5,12,15H,6-11H2,1-2H3,(H,19,23). The maximum absolute atomic E-state index is 12.4. The highest BCUT2D eigenvalue weighted by Gasteiger charge is 2.49. The van der Waals surface area contributed by atoms with Crippen LogP contribution in [-0.4, -0.2) is 65.6 Å². The molecule has 0 radical (unpaired) electrons. The Bertz CT molecular complexity index is 754. The van der Waals surface area contributed by atoms with Gasteiger partial charge in [-0.15, -0.1) is 11.3 Å². The van der Waals surface area contributed by atoms with Crippen molar-refractivity contribution in [3.63, 3.8) is 0 Å². The first-order valence-electron chi connectivity index (χ1n) is 8.80. The molecule has 26 heavy (non-hydrogen) atoms. The summed E-state index contributed by atoms with van der Waals surface area (Å²) in [4.78, 5) is 22.6. The Labute approximate surface area is 156 Å². The third-order valence-corrected chi connectivity index (χ3v) is 6.09. The molecule has 0 aromatic carbocycles. The molecular weight excluding hydrogens is 352 g/mol. The Hall–Kier alpha value is -1.74. The number of ether oxygens (including phenoxy) is 1. The first kappa shape index (κ1) is 17.7. The molecule has 1 N–H and O–H groups in total. The number of hydrogen-bond acceptors (Lipinski definition) is 7. The van der Waals surface area contributed by atoms with Crippen LogP contribution in [0.4, 0.5) is 0 Å². The fourth-order valence-corrected chi connectivity index (χ4v) is 4.55. The smallest absolute Gasteiger partial charge is 0.240 e. The first-order chi connectivity index (χ1) is 12.5. The number of nitrogens with one attached hydrogen (secondary N) is 1. The quantitative estimate of drug-likeness (QED) is 0.847. The van der Waals surface area contributed by atoms with Gasteiger partial charge in [0, 0.05) is 31.1 Å². The largest absolute Gasteiger partial charge is 0.467 e. The van der Waals surface area contributed by atoms with E-state index in [9.17, 15) is 4.79 Å². The summed E-state index contributed by atoms with van der Waals surface area (Å²) in [5.41, 5.74) is 2.87. The number of carbonyl (C=O) groups is 1. The van der Waals surface area contributed by atoms with Gasteiger partial charge in [0.15, 0.2) is 0 Å². The lowest BCUT2D eigenvalue weighted by Crippen LogP contribution is -2.72. The van der Waals surface area contributed by atoms with Crippen molar-refractivity contribution in [2.75, 3.05) is 33.3 Å². The topological polar surface area (TPSA) is 70.8 Å². The molecule has 1 spiro atoms. The molecule has 4 rings (SSSR count). The van der Waals surface area contributed by atoms with Gasteiger partial charge < -0.3 is 14.5 Å². The van der Waals surface area contributed by atoms with Crippen molar-refractivity contribution < 1.29 is 13.9 Å². The predicted octanol–water partition coefficient (Wildman–Crippen LogP) is 1.25. The zero-order valence-corrected chi connectivity index (χ0v) is 15.9. The summed E-state index contributed by atoms with van der Waals surface area (Å²) in [5.74, 6) is 0.734. The van der Waals surface area contributed by atoms with E-state index in [1.807, 2.05) is 24.7 Å². The Morgan fingerprint density at radius 1 is 1.46 bits per heavy atom. The van der Waals surface area contributed by atoms with Gasteiger partial charge >= 0.3 is 0 Å². The van der Waals surface area contributed by atoms with Crippen LogP contribution in [0.5, 0.6) is 0 Å². The molecule has 2 aromatic rings. The van der Waals surface area contributed by atoms with Gasteiger partial charge in [0.25, 0.3) is 0 Å². The highest BCUT2D eigenvalue weighted by Crippen LogP contribution is 2.32. The maximum atomic E-state index is 12.4. The van der Waals surface area contributed by atoms with Crippen molar-refractivity contribution in [2.45, 2.75) is 31.7 Å². The van der Waals surface area contributed by atoms with E-state index in [1.54, 1.807) is 17.6 Å². The molecule has 2 saturated heterocycles. The summed E-state index contributed by atoms with van der Waals surface area (Å²) in [6, 6.07) is 3.41. The SMILES string of the molecule is Cc1ncsc1CN1CC2(C1)CN(C)C(C(=O)NCc1ccco1)CO2. The molecule has 0 saturated carbocycles. The third kappa shape index (κ3) is 3.55. The van der Waals surface area contributed by atoms with Gasteiger partial charge in [-0.05, 0) is 26.1 Å². The molecule has 2 aliphatic rings. The number of likely N-dealkylation sites (N-methyl/N-ethyl adjacent to an activating group) is 1. The average Bonchev–Trinajstić information content (AvgIpc) is 3.23. The minimum absolute atomic E-state index is 0.0183. The summed E-state index contributed by atoms with van der Waals surface area (Å²) in [5, 5.41) is 2.92. The maximum Gasteiger partial charge on any atom is 0.240 e. The second-order valence-corrected chi connectivity index (χ2v) is 8.17. The summed E-state index contributed by atoms with van der Waals surface area (Å²) < 4.78 is 11.4. The number of nitrogens with zero attached hydrogens (tertiary/aromatic N) is 3. The van der Waals surface area contributed by atoms with Gasteiger partial charge in [0.05, 0.1) is 30.6 Å². The van der Waals surface area contributed by atoms with Gasteiger partial charge in [-0.25, -0.2) is 4.98 Å². The fourth-order valence-electron chi connectivity index (χ4n) is 3.73. The first-order valence-corrected chi connectivity index (χ1v) is 9.68. The van der Waals surface area contributed by atoms with E-state index in [2.05, 4.69) is 27.0 Å². The molecule has 2 aliphatic heterocycles. The Kier molecular flexibility index (Phi) is 4.83. The van der Waals surface area contributed by atoms with Crippen LogP contribution < -0.4 is 5.32 Å². The minimum Gasteiger partial charge on any atom is -0.467 e. The Morgan fingerprint density at radius 2 is 2.31 bits per heavy atom. The number of amides is 1. The van der Waals surface area contributed by atoms with E-state index in [0.29, 0.717) is 13.2 Å². The van der Waals surface area contributed by atoms with Gasteiger partial charge in [0.1, 0.15) is 17.4 Å². The lowest BCUT2D eigenvalue weighted by atomic mass is 9.90. The molecule has 0 bridgehead atoms. The monoisotopic (exact) mass is 376 g/mol. The predicted molar refractivity (Wildman–Crippen MR) is 97.8 cm³/mol. The van der Waals surface area contributed by atoms with Crippen molar-refractivity contribution in [2.24, 2.45) is 0 Å². The fraction of sp³-hybridized carbons (Fsp3) is 0.556. The highest BCUT2D eigenvalue weighted by molar-refractivity contribution is 7.09. The molecule has 1 unspecified atom stereocenters. The molecule has 7 nitrogen and oxygen atoms in total. The van der Waals surface area contributed by atoms with Gasteiger partial charge in [-0.1, -0.05) is 0 Å².